The van der Waals surface area contributed by atoms with Gasteiger partial charge < -0.3 is 15.2 Å². The van der Waals surface area contributed by atoms with Gasteiger partial charge in [-0.15, -0.1) is 0 Å². The predicted octanol–water partition coefficient (Wildman–Crippen LogP) is 2.58. The van der Waals surface area contributed by atoms with Gasteiger partial charge in [0.15, 0.2) is 0 Å². The average Bonchev–Trinajstić information content (AvgIpc) is 3.14. The van der Waals surface area contributed by atoms with Crippen LogP contribution in [-0.4, -0.2) is 30.1 Å². The van der Waals surface area contributed by atoms with Gasteiger partial charge in [0.05, 0.1) is 0 Å². The van der Waals surface area contributed by atoms with Crippen LogP contribution in [0.1, 0.15) is 56.1 Å². The van der Waals surface area contributed by atoms with Crippen molar-refractivity contribution in [3.05, 3.63) is 24.0 Å². The molecule has 116 valence electrons. The third-order valence-corrected chi connectivity index (χ3v) is 5.43. The number of piperidine rings is 1. The lowest BCUT2D eigenvalue weighted by atomic mass is 9.92. The lowest BCUT2D eigenvalue weighted by molar-refractivity contribution is 0.0927. The van der Waals surface area contributed by atoms with Crippen molar-refractivity contribution < 1.29 is 4.79 Å². The number of carbonyl (C=O) groups excluding carboxylic acids is 1. The first-order valence-electron chi connectivity index (χ1n) is 8.28. The number of rotatable bonds is 5. The van der Waals surface area contributed by atoms with E-state index in [-0.39, 0.29) is 5.91 Å². The Balaban J connectivity index is 1.64. The molecule has 1 aliphatic carbocycles. The highest BCUT2D eigenvalue weighted by molar-refractivity contribution is 5.92. The monoisotopic (exact) mass is 289 g/mol. The van der Waals surface area contributed by atoms with Crippen molar-refractivity contribution in [2.24, 2.45) is 11.3 Å². The van der Waals surface area contributed by atoms with Crippen molar-refractivity contribution in [1.82, 2.24) is 15.2 Å². The fraction of sp³-hybridized carbons (Fsp3) is 0.706. The molecule has 0 unspecified atom stereocenters. The maximum Gasteiger partial charge on any atom is 0.267 e. The van der Waals surface area contributed by atoms with Gasteiger partial charge in [0, 0.05) is 18.8 Å². The molecular formula is C17H27N3O. The highest BCUT2D eigenvalue weighted by Gasteiger charge is 2.45. The molecule has 2 N–H and O–H groups in total. The number of hydrogen-bond acceptors (Lipinski definition) is 2. The second kappa shape index (κ2) is 5.84. The van der Waals surface area contributed by atoms with Crippen LogP contribution in [0.2, 0.25) is 0 Å². The van der Waals surface area contributed by atoms with Crippen LogP contribution < -0.4 is 10.6 Å². The number of nitrogens with one attached hydrogen (secondary N) is 2. The summed E-state index contributed by atoms with van der Waals surface area (Å²) in [5.74, 6) is 0.736. The number of nitrogens with zero attached hydrogens (tertiary/aromatic N) is 1. The van der Waals surface area contributed by atoms with E-state index in [1.807, 2.05) is 12.1 Å². The molecule has 0 aromatic carbocycles. The molecule has 0 radical (unpaired) electrons. The minimum atomic E-state index is 0.0884. The second-order valence-electron chi connectivity index (χ2n) is 6.98. The van der Waals surface area contributed by atoms with Crippen LogP contribution in [0, 0.1) is 11.3 Å². The Bertz CT molecular complexity index is 496. The van der Waals surface area contributed by atoms with Gasteiger partial charge >= 0.3 is 0 Å². The molecule has 3 rings (SSSR count). The molecule has 0 bridgehead atoms. The molecule has 2 heterocycles. The van der Waals surface area contributed by atoms with Gasteiger partial charge in [0.25, 0.3) is 5.91 Å². The SMILES string of the molecule is CC(C)C1(CNC(=O)c2cccn2C2CCNCC2)CC1. The van der Waals surface area contributed by atoms with Crippen molar-refractivity contribution in [1.29, 1.82) is 0 Å². The van der Waals surface area contributed by atoms with Crippen LogP contribution in [0.5, 0.6) is 0 Å². The summed E-state index contributed by atoms with van der Waals surface area (Å²) in [4.78, 5) is 12.5. The van der Waals surface area contributed by atoms with Crippen molar-refractivity contribution in [2.45, 2.75) is 45.6 Å². The summed E-state index contributed by atoms with van der Waals surface area (Å²) >= 11 is 0. The Morgan fingerprint density at radius 3 is 2.76 bits per heavy atom. The lowest BCUT2D eigenvalue weighted by Gasteiger charge is -2.26. The van der Waals surface area contributed by atoms with E-state index in [1.165, 1.54) is 12.8 Å². The highest BCUT2D eigenvalue weighted by Crippen LogP contribution is 2.51. The Morgan fingerprint density at radius 1 is 1.43 bits per heavy atom. The molecule has 2 aliphatic rings. The van der Waals surface area contributed by atoms with Gasteiger partial charge in [0.1, 0.15) is 5.69 Å². The average molecular weight is 289 g/mol. The molecule has 1 amide bonds. The summed E-state index contributed by atoms with van der Waals surface area (Å²) in [6, 6.07) is 4.40. The van der Waals surface area contributed by atoms with Crippen LogP contribution in [-0.2, 0) is 0 Å². The largest absolute Gasteiger partial charge is 0.350 e. The zero-order valence-electron chi connectivity index (χ0n) is 13.2. The van der Waals surface area contributed by atoms with Crippen LogP contribution >= 0.6 is 0 Å². The highest BCUT2D eigenvalue weighted by atomic mass is 16.1. The van der Waals surface area contributed by atoms with Crippen LogP contribution in [0.4, 0.5) is 0 Å². The smallest absolute Gasteiger partial charge is 0.267 e. The van der Waals surface area contributed by atoms with Crippen molar-refractivity contribution in [2.75, 3.05) is 19.6 Å². The number of carbonyl (C=O) groups is 1. The fourth-order valence-corrected chi connectivity index (χ4v) is 3.46. The quantitative estimate of drug-likeness (QED) is 0.875. The molecule has 0 spiro atoms. The number of amides is 1. The summed E-state index contributed by atoms with van der Waals surface area (Å²) in [7, 11) is 0. The standard InChI is InChI=1S/C17H27N3O/c1-13(2)17(7-8-17)12-19-16(21)15-4-3-11-20(15)14-5-9-18-10-6-14/h3-4,11,13-14,18H,5-10,12H2,1-2H3,(H,19,21). The van der Waals surface area contributed by atoms with E-state index in [1.54, 1.807) is 0 Å². The van der Waals surface area contributed by atoms with Gasteiger partial charge in [0.2, 0.25) is 0 Å². The Hall–Kier alpha value is -1.29. The van der Waals surface area contributed by atoms with E-state index in [4.69, 9.17) is 0 Å². The first-order valence-corrected chi connectivity index (χ1v) is 8.28. The van der Waals surface area contributed by atoms with Gasteiger partial charge in [-0.3, -0.25) is 4.79 Å². The van der Waals surface area contributed by atoms with E-state index in [0.717, 1.165) is 38.2 Å². The summed E-state index contributed by atoms with van der Waals surface area (Å²) < 4.78 is 2.17. The molecule has 4 heteroatoms. The summed E-state index contributed by atoms with van der Waals surface area (Å²) in [5.41, 5.74) is 1.18. The van der Waals surface area contributed by atoms with Crippen LogP contribution in [0.3, 0.4) is 0 Å². The van der Waals surface area contributed by atoms with E-state index < -0.39 is 0 Å². The van der Waals surface area contributed by atoms with E-state index >= 15 is 0 Å². The van der Waals surface area contributed by atoms with Crippen LogP contribution in [0.25, 0.3) is 0 Å². The maximum absolute atomic E-state index is 12.5. The molecule has 1 aromatic rings. The number of hydrogen-bond donors (Lipinski definition) is 2. The third kappa shape index (κ3) is 3.00. The third-order valence-electron chi connectivity index (χ3n) is 5.43. The summed E-state index contributed by atoms with van der Waals surface area (Å²) in [6.45, 7) is 7.43. The van der Waals surface area contributed by atoms with Crippen molar-refractivity contribution >= 4 is 5.91 Å². The summed E-state index contributed by atoms with van der Waals surface area (Å²) in [6.07, 6.45) is 6.76. The van der Waals surface area contributed by atoms with Gasteiger partial charge in [-0.1, -0.05) is 13.8 Å². The molecule has 1 saturated heterocycles. The topological polar surface area (TPSA) is 46.1 Å². The molecule has 1 aliphatic heterocycles. The first kappa shape index (κ1) is 14.6. The Labute approximate surface area is 127 Å². The Kier molecular flexibility index (Phi) is 4.07. The molecule has 1 saturated carbocycles. The molecule has 2 fully saturated rings. The molecule has 21 heavy (non-hydrogen) atoms. The van der Waals surface area contributed by atoms with Gasteiger partial charge in [-0.2, -0.15) is 0 Å². The first-order chi connectivity index (χ1) is 10.1. The normalized spacial score (nSPS) is 21.5. The second-order valence-corrected chi connectivity index (χ2v) is 6.98. The number of aromatic nitrogens is 1. The van der Waals surface area contributed by atoms with Gasteiger partial charge in [-0.05, 0) is 62.2 Å². The Morgan fingerprint density at radius 2 is 2.14 bits per heavy atom. The molecule has 1 aromatic heterocycles. The molecule has 4 nitrogen and oxygen atoms in total. The van der Waals surface area contributed by atoms with Crippen molar-refractivity contribution in [3.63, 3.8) is 0 Å². The predicted molar refractivity (Wildman–Crippen MR) is 84.4 cm³/mol. The van der Waals surface area contributed by atoms with Crippen molar-refractivity contribution in [3.8, 4) is 0 Å². The van der Waals surface area contributed by atoms with E-state index in [0.29, 0.717) is 17.4 Å². The van der Waals surface area contributed by atoms with Gasteiger partial charge in [-0.25, -0.2) is 0 Å². The molecular weight excluding hydrogens is 262 g/mol. The minimum absolute atomic E-state index is 0.0884. The van der Waals surface area contributed by atoms with E-state index in [9.17, 15) is 4.79 Å². The fourth-order valence-electron chi connectivity index (χ4n) is 3.46. The minimum Gasteiger partial charge on any atom is -0.350 e. The zero-order valence-corrected chi connectivity index (χ0v) is 13.2. The zero-order chi connectivity index (χ0) is 14.9. The van der Waals surface area contributed by atoms with E-state index in [2.05, 4.69) is 35.2 Å². The molecule has 0 atom stereocenters. The van der Waals surface area contributed by atoms with Crippen LogP contribution in [0.15, 0.2) is 18.3 Å². The summed E-state index contributed by atoms with van der Waals surface area (Å²) in [5, 5.41) is 6.55. The maximum atomic E-state index is 12.5. The lowest BCUT2D eigenvalue weighted by Crippen LogP contribution is -2.35.